The molecule has 1 aliphatic rings. The molecule has 0 atom stereocenters. The Bertz CT molecular complexity index is 456. The SMILES string of the molecule is CC1(C)ON=C(c2ccc(C(C)(C)C)cc2)NO1. The summed E-state index contributed by atoms with van der Waals surface area (Å²) in [7, 11) is 0. The number of hydrogen-bond donors (Lipinski definition) is 1. The summed E-state index contributed by atoms with van der Waals surface area (Å²) in [5, 5.41) is 4.02. The van der Waals surface area contributed by atoms with E-state index in [1.165, 1.54) is 5.56 Å². The summed E-state index contributed by atoms with van der Waals surface area (Å²) in [6, 6.07) is 8.22. The van der Waals surface area contributed by atoms with Crippen molar-refractivity contribution >= 4 is 5.84 Å². The van der Waals surface area contributed by atoms with E-state index in [9.17, 15) is 0 Å². The highest BCUT2D eigenvalue weighted by Crippen LogP contribution is 2.23. The first kappa shape index (κ1) is 12.9. The molecule has 0 saturated heterocycles. The number of hydrogen-bond acceptors (Lipinski definition) is 4. The predicted molar refractivity (Wildman–Crippen MR) is 71.1 cm³/mol. The Hall–Kier alpha value is -1.55. The molecule has 0 spiro atoms. The van der Waals surface area contributed by atoms with Crippen molar-refractivity contribution in [2.75, 3.05) is 0 Å². The van der Waals surface area contributed by atoms with Crippen LogP contribution in [0, 0.1) is 0 Å². The van der Waals surface area contributed by atoms with E-state index in [4.69, 9.17) is 9.68 Å². The fourth-order valence-electron chi connectivity index (χ4n) is 1.60. The smallest absolute Gasteiger partial charge is 0.254 e. The van der Waals surface area contributed by atoms with Gasteiger partial charge in [-0.2, -0.15) is 0 Å². The minimum Gasteiger partial charge on any atom is -0.357 e. The van der Waals surface area contributed by atoms with E-state index in [2.05, 4.69) is 43.5 Å². The fourth-order valence-corrected chi connectivity index (χ4v) is 1.60. The molecule has 0 amide bonds. The zero-order valence-corrected chi connectivity index (χ0v) is 11.6. The lowest BCUT2D eigenvalue weighted by molar-refractivity contribution is -0.248. The second-order valence-corrected chi connectivity index (χ2v) is 5.96. The molecule has 0 saturated carbocycles. The van der Waals surface area contributed by atoms with Crippen LogP contribution in [0.2, 0.25) is 0 Å². The molecule has 1 aromatic rings. The number of rotatable bonds is 1. The normalized spacial score (nSPS) is 18.6. The Balaban J connectivity index is 2.19. The summed E-state index contributed by atoms with van der Waals surface area (Å²) in [4.78, 5) is 10.6. The van der Waals surface area contributed by atoms with E-state index < -0.39 is 5.79 Å². The van der Waals surface area contributed by atoms with Crippen LogP contribution in [-0.4, -0.2) is 11.6 Å². The van der Waals surface area contributed by atoms with Gasteiger partial charge in [0.25, 0.3) is 5.79 Å². The van der Waals surface area contributed by atoms with Gasteiger partial charge in [0, 0.05) is 19.4 Å². The molecule has 1 aliphatic heterocycles. The summed E-state index contributed by atoms with van der Waals surface area (Å²) in [5.74, 6) is -0.135. The fraction of sp³-hybridized carbons (Fsp3) is 0.500. The summed E-state index contributed by atoms with van der Waals surface area (Å²) >= 11 is 0. The highest BCUT2D eigenvalue weighted by atomic mass is 16.9. The number of nitrogens with zero attached hydrogens (tertiary/aromatic N) is 1. The molecule has 0 bridgehead atoms. The summed E-state index contributed by atoms with van der Waals surface area (Å²) in [5.41, 5.74) is 5.18. The second-order valence-electron chi connectivity index (χ2n) is 5.96. The van der Waals surface area contributed by atoms with Crippen molar-refractivity contribution in [2.45, 2.75) is 45.8 Å². The Morgan fingerprint density at radius 2 is 1.72 bits per heavy atom. The molecule has 1 N–H and O–H groups in total. The van der Waals surface area contributed by atoms with Gasteiger partial charge in [0.15, 0.2) is 5.84 Å². The Morgan fingerprint density at radius 3 is 2.17 bits per heavy atom. The van der Waals surface area contributed by atoms with Gasteiger partial charge < -0.3 is 4.84 Å². The molecule has 98 valence electrons. The van der Waals surface area contributed by atoms with Crippen LogP contribution >= 0.6 is 0 Å². The van der Waals surface area contributed by atoms with Gasteiger partial charge in [-0.1, -0.05) is 50.2 Å². The third kappa shape index (κ3) is 2.82. The van der Waals surface area contributed by atoms with Crippen LogP contribution in [0.15, 0.2) is 29.4 Å². The van der Waals surface area contributed by atoms with Crippen LogP contribution in [0.3, 0.4) is 0 Å². The maximum Gasteiger partial charge on any atom is 0.254 e. The van der Waals surface area contributed by atoms with Gasteiger partial charge in [-0.3, -0.25) is 0 Å². The quantitative estimate of drug-likeness (QED) is 0.831. The third-order valence-corrected chi connectivity index (χ3v) is 2.77. The minimum absolute atomic E-state index is 0.148. The van der Waals surface area contributed by atoms with Crippen molar-refractivity contribution in [2.24, 2.45) is 5.16 Å². The molecule has 2 rings (SSSR count). The standard InChI is InChI=1S/C14H20N2O2/c1-13(2,3)11-8-6-10(7-9-11)12-15-17-14(4,5)18-16-12/h6-9H,1-5H3,(H,15,16). The Kier molecular flexibility index (Phi) is 3.07. The van der Waals surface area contributed by atoms with Crippen LogP contribution in [0.5, 0.6) is 0 Å². The van der Waals surface area contributed by atoms with Crippen LogP contribution in [0.25, 0.3) is 0 Å². The van der Waals surface area contributed by atoms with Crippen LogP contribution in [0.1, 0.15) is 45.7 Å². The lowest BCUT2D eigenvalue weighted by atomic mass is 9.87. The van der Waals surface area contributed by atoms with Crippen LogP contribution in [0.4, 0.5) is 0 Å². The number of amidine groups is 1. The number of benzene rings is 1. The molecular weight excluding hydrogens is 228 g/mol. The van der Waals surface area contributed by atoms with Gasteiger partial charge in [0.2, 0.25) is 0 Å². The van der Waals surface area contributed by atoms with E-state index >= 15 is 0 Å². The molecule has 1 heterocycles. The maximum absolute atomic E-state index is 5.33. The van der Waals surface area contributed by atoms with Crippen molar-refractivity contribution in [1.82, 2.24) is 5.48 Å². The number of hydroxylamine groups is 1. The molecule has 4 heteroatoms. The summed E-state index contributed by atoms with van der Waals surface area (Å²) in [6.07, 6.45) is 0. The monoisotopic (exact) mass is 248 g/mol. The lowest BCUT2D eigenvalue weighted by Gasteiger charge is -2.28. The van der Waals surface area contributed by atoms with Gasteiger partial charge in [0.1, 0.15) is 0 Å². The minimum atomic E-state index is -0.727. The zero-order chi connectivity index (χ0) is 13.4. The van der Waals surface area contributed by atoms with Crippen molar-refractivity contribution in [1.29, 1.82) is 0 Å². The first-order chi connectivity index (χ1) is 8.28. The molecule has 0 radical (unpaired) electrons. The van der Waals surface area contributed by atoms with E-state index in [-0.39, 0.29) is 5.41 Å². The van der Waals surface area contributed by atoms with Gasteiger partial charge in [-0.25, -0.2) is 10.3 Å². The van der Waals surface area contributed by atoms with E-state index in [0.29, 0.717) is 5.84 Å². The zero-order valence-electron chi connectivity index (χ0n) is 11.6. The largest absolute Gasteiger partial charge is 0.357 e. The second kappa shape index (κ2) is 4.28. The Morgan fingerprint density at radius 1 is 1.11 bits per heavy atom. The van der Waals surface area contributed by atoms with E-state index in [1.54, 1.807) is 13.8 Å². The molecule has 1 aromatic carbocycles. The lowest BCUT2D eigenvalue weighted by Crippen LogP contribution is -2.42. The first-order valence-corrected chi connectivity index (χ1v) is 6.09. The van der Waals surface area contributed by atoms with Crippen molar-refractivity contribution < 1.29 is 9.68 Å². The van der Waals surface area contributed by atoms with Crippen LogP contribution < -0.4 is 5.48 Å². The molecule has 18 heavy (non-hydrogen) atoms. The van der Waals surface area contributed by atoms with Gasteiger partial charge >= 0.3 is 0 Å². The van der Waals surface area contributed by atoms with E-state index in [0.717, 1.165) is 5.56 Å². The molecule has 4 nitrogen and oxygen atoms in total. The third-order valence-electron chi connectivity index (χ3n) is 2.77. The predicted octanol–water partition coefficient (Wildman–Crippen LogP) is 2.93. The summed E-state index contributed by atoms with van der Waals surface area (Å²) in [6.45, 7) is 10.2. The number of oxime groups is 1. The number of nitrogens with one attached hydrogen (secondary N) is 1. The molecule has 0 unspecified atom stereocenters. The first-order valence-electron chi connectivity index (χ1n) is 6.09. The maximum atomic E-state index is 5.33. The Labute approximate surface area is 108 Å². The topological polar surface area (TPSA) is 42.8 Å². The highest BCUT2D eigenvalue weighted by molar-refractivity contribution is 5.97. The van der Waals surface area contributed by atoms with Gasteiger partial charge in [0.05, 0.1) is 0 Å². The van der Waals surface area contributed by atoms with Crippen LogP contribution in [-0.2, 0) is 15.1 Å². The van der Waals surface area contributed by atoms with Crippen molar-refractivity contribution in [3.05, 3.63) is 35.4 Å². The van der Waals surface area contributed by atoms with Crippen molar-refractivity contribution in [3.63, 3.8) is 0 Å². The molecule has 0 aliphatic carbocycles. The van der Waals surface area contributed by atoms with Crippen molar-refractivity contribution in [3.8, 4) is 0 Å². The average molecular weight is 248 g/mol. The molecule has 0 aromatic heterocycles. The molecule has 0 fully saturated rings. The van der Waals surface area contributed by atoms with Gasteiger partial charge in [-0.15, -0.1) is 0 Å². The van der Waals surface area contributed by atoms with Gasteiger partial charge in [-0.05, 0) is 11.0 Å². The molecular formula is C14H20N2O2. The van der Waals surface area contributed by atoms with E-state index in [1.807, 2.05) is 12.1 Å². The average Bonchev–Trinajstić information content (AvgIpc) is 2.28. The summed E-state index contributed by atoms with van der Waals surface area (Å²) < 4.78 is 0. The highest BCUT2D eigenvalue weighted by Gasteiger charge is 2.26.